The van der Waals surface area contributed by atoms with Crippen LogP contribution in [0.1, 0.15) is 41.5 Å². The van der Waals surface area contributed by atoms with Crippen molar-refractivity contribution in [2.45, 2.75) is 24.8 Å². The molecule has 0 unspecified atom stereocenters. The number of carbonyl (C=O) groups excluding carboxylic acids is 1. The van der Waals surface area contributed by atoms with E-state index in [-0.39, 0.29) is 17.4 Å². The maximum Gasteiger partial charge on any atom is 0.438 e. The van der Waals surface area contributed by atoms with Crippen molar-refractivity contribution in [1.82, 2.24) is 10.3 Å². The first-order valence-corrected chi connectivity index (χ1v) is 9.78. The Morgan fingerprint density at radius 2 is 2.03 bits per heavy atom. The molecule has 0 bridgehead atoms. The molecular weight excluding hydrogens is 392 g/mol. The van der Waals surface area contributed by atoms with E-state index in [1.165, 1.54) is 4.68 Å². The Kier molecular flexibility index (Phi) is 6.14. The van der Waals surface area contributed by atoms with Crippen LogP contribution in [0, 0.1) is 11.3 Å². The van der Waals surface area contributed by atoms with Crippen LogP contribution in [0.4, 0.5) is 0 Å². The molecule has 2 aromatic heterocycles. The Balaban J connectivity index is 1.86. The summed E-state index contributed by atoms with van der Waals surface area (Å²) in [6.07, 6.45) is 0. The van der Waals surface area contributed by atoms with Crippen molar-refractivity contribution < 1.29 is 18.7 Å². The summed E-state index contributed by atoms with van der Waals surface area (Å²) in [5, 5.41) is 12.2. The molecule has 0 atom stereocenters. The highest BCUT2D eigenvalue weighted by Gasteiger charge is 2.30. The third-order valence-corrected chi connectivity index (χ3v) is 5.17. The van der Waals surface area contributed by atoms with Gasteiger partial charge < -0.3 is 4.74 Å². The average Bonchev–Trinajstić information content (AvgIpc) is 3.13. The third kappa shape index (κ3) is 4.38. The fourth-order valence-corrected chi connectivity index (χ4v) is 3.44. The lowest BCUT2D eigenvalue weighted by Crippen LogP contribution is -2.41. The number of methoxy groups -OCH3 is 1. The van der Waals surface area contributed by atoms with Crippen LogP contribution in [0.25, 0.3) is 5.69 Å². The van der Waals surface area contributed by atoms with Crippen LogP contribution in [0.5, 0.6) is 5.75 Å². The Morgan fingerprint density at radius 3 is 2.66 bits per heavy atom. The van der Waals surface area contributed by atoms with Crippen molar-refractivity contribution >= 4 is 17.5 Å². The molecular formula is C20H19N4O4S+. The van der Waals surface area contributed by atoms with E-state index < -0.39 is 11.4 Å². The number of nitriles is 1. The fourth-order valence-electron chi connectivity index (χ4n) is 2.60. The Morgan fingerprint density at radius 1 is 1.31 bits per heavy atom. The van der Waals surface area contributed by atoms with Gasteiger partial charge in [0.05, 0.1) is 18.4 Å². The molecule has 0 fully saturated rings. The summed E-state index contributed by atoms with van der Waals surface area (Å²) < 4.78 is 11.2. The zero-order chi connectivity index (χ0) is 21.0. The summed E-state index contributed by atoms with van der Waals surface area (Å²) in [5.74, 6) is 0.319. The highest BCUT2D eigenvalue weighted by molar-refractivity contribution is 8.00. The lowest BCUT2D eigenvalue weighted by molar-refractivity contribution is -0.672. The minimum atomic E-state index is -0.768. The second-order valence-corrected chi connectivity index (χ2v) is 7.39. The molecule has 9 heteroatoms. The van der Waals surface area contributed by atoms with E-state index in [0.717, 1.165) is 17.5 Å². The quantitative estimate of drug-likeness (QED) is 0.361. The number of benzene rings is 1. The zero-order valence-corrected chi connectivity index (χ0v) is 16.9. The van der Waals surface area contributed by atoms with Crippen molar-refractivity contribution in [2.24, 2.45) is 0 Å². The van der Waals surface area contributed by atoms with Crippen molar-refractivity contribution in [3.8, 4) is 17.5 Å². The maximum absolute atomic E-state index is 12.8. The number of ether oxygens (including phenoxy) is 1. The van der Waals surface area contributed by atoms with Crippen LogP contribution in [0.15, 0.2) is 50.7 Å². The maximum atomic E-state index is 12.8. The molecule has 0 saturated heterocycles. The Bertz CT molecular complexity index is 1130. The summed E-state index contributed by atoms with van der Waals surface area (Å²) in [6.45, 7) is 3.99. The minimum absolute atomic E-state index is 0.0675. The molecule has 0 radical (unpaired) electrons. The van der Waals surface area contributed by atoms with Gasteiger partial charge in [0.2, 0.25) is 11.5 Å². The largest absolute Gasteiger partial charge is 0.497 e. The van der Waals surface area contributed by atoms with Gasteiger partial charge in [-0.3, -0.25) is 9.32 Å². The second kappa shape index (κ2) is 8.75. The number of pyridine rings is 1. The van der Waals surface area contributed by atoms with Gasteiger partial charge in [-0.05, 0) is 40.1 Å². The van der Waals surface area contributed by atoms with E-state index >= 15 is 0 Å². The van der Waals surface area contributed by atoms with E-state index in [1.54, 1.807) is 43.5 Å². The van der Waals surface area contributed by atoms with Crippen LogP contribution < -0.4 is 15.0 Å². The van der Waals surface area contributed by atoms with Gasteiger partial charge in [0.25, 0.3) is 0 Å². The van der Waals surface area contributed by atoms with Gasteiger partial charge in [-0.2, -0.15) is 5.26 Å². The van der Waals surface area contributed by atoms with Crippen LogP contribution in [0.2, 0.25) is 0 Å². The number of aromatic nitrogens is 3. The van der Waals surface area contributed by atoms with E-state index in [0.29, 0.717) is 22.0 Å². The number of thioether (sulfide) groups is 1. The van der Waals surface area contributed by atoms with Gasteiger partial charge in [0.1, 0.15) is 16.8 Å². The number of ketones is 1. The van der Waals surface area contributed by atoms with Crippen LogP contribution in [0.3, 0.4) is 0 Å². The molecule has 0 saturated carbocycles. The van der Waals surface area contributed by atoms with Crippen LogP contribution in [-0.4, -0.2) is 28.9 Å². The highest BCUT2D eigenvalue weighted by atomic mass is 32.2. The van der Waals surface area contributed by atoms with Crippen molar-refractivity contribution in [3.63, 3.8) is 0 Å². The van der Waals surface area contributed by atoms with Gasteiger partial charge in [0.15, 0.2) is 0 Å². The third-order valence-electron chi connectivity index (χ3n) is 4.18. The molecule has 2 heterocycles. The van der Waals surface area contributed by atoms with E-state index in [2.05, 4.69) is 16.3 Å². The molecule has 3 aromatic rings. The molecule has 1 aromatic carbocycles. The predicted octanol–water partition coefficient (Wildman–Crippen LogP) is 2.62. The van der Waals surface area contributed by atoms with Gasteiger partial charge >= 0.3 is 11.3 Å². The molecule has 0 aliphatic rings. The van der Waals surface area contributed by atoms with E-state index in [4.69, 9.17) is 9.26 Å². The lowest BCUT2D eigenvalue weighted by atomic mass is 10.1. The van der Waals surface area contributed by atoms with Gasteiger partial charge in [-0.1, -0.05) is 25.6 Å². The number of nitrogens with one attached hydrogen (secondary N) is 1. The first-order valence-electron chi connectivity index (χ1n) is 8.79. The monoisotopic (exact) mass is 411 g/mol. The summed E-state index contributed by atoms with van der Waals surface area (Å²) in [4.78, 5) is 29.4. The Hall–Kier alpha value is -3.38. The molecule has 0 aliphatic carbocycles. The molecule has 0 amide bonds. The summed E-state index contributed by atoms with van der Waals surface area (Å²) in [6, 6.07) is 12.4. The Labute approximate surface area is 171 Å². The van der Waals surface area contributed by atoms with Crippen molar-refractivity contribution in [2.75, 3.05) is 12.9 Å². The van der Waals surface area contributed by atoms with Crippen LogP contribution >= 0.6 is 11.8 Å². The van der Waals surface area contributed by atoms with Crippen molar-refractivity contribution in [3.05, 3.63) is 63.8 Å². The van der Waals surface area contributed by atoms with E-state index in [1.807, 2.05) is 13.8 Å². The molecule has 29 heavy (non-hydrogen) atoms. The molecule has 0 spiro atoms. The number of hydrogen-bond donors (Lipinski definition) is 1. The first kappa shape index (κ1) is 20.4. The van der Waals surface area contributed by atoms with Gasteiger partial charge in [0, 0.05) is 17.8 Å². The van der Waals surface area contributed by atoms with Crippen molar-refractivity contribution in [1.29, 1.82) is 5.26 Å². The second-order valence-electron chi connectivity index (χ2n) is 6.43. The molecule has 0 aliphatic heterocycles. The van der Waals surface area contributed by atoms with Gasteiger partial charge in [-0.15, -0.1) is 0 Å². The number of aromatic amines is 1. The molecule has 8 nitrogen and oxygen atoms in total. The summed E-state index contributed by atoms with van der Waals surface area (Å²) in [7, 11) is 1.55. The van der Waals surface area contributed by atoms with Gasteiger partial charge in [-0.25, -0.2) is 9.78 Å². The topological polar surface area (TPSA) is 113 Å². The SMILES string of the molecule is COc1ccc(-[n+]2[nH]oc(=O)c2C(=O)CSc2nc(C(C)C)ccc2C#N)cc1. The summed E-state index contributed by atoms with van der Waals surface area (Å²) in [5.41, 5.74) is 0.851. The molecule has 3 rings (SSSR count). The molecule has 148 valence electrons. The number of carbonyl (C=O) groups is 1. The number of rotatable bonds is 7. The van der Waals surface area contributed by atoms with Crippen LogP contribution in [-0.2, 0) is 0 Å². The average molecular weight is 411 g/mol. The standard InChI is InChI=1S/C20H18N4O4S/c1-12(2)16-9-4-13(10-21)19(22-16)29-11-17(25)18-20(26)28-23-24(18)14-5-7-15(27-3)8-6-14/h4-9,12H,11H2,1-3H3/p+1. The normalized spacial score (nSPS) is 10.7. The fraction of sp³-hybridized carbons (Fsp3) is 0.250. The van der Waals surface area contributed by atoms with E-state index in [9.17, 15) is 14.9 Å². The lowest BCUT2D eigenvalue weighted by Gasteiger charge is -2.07. The number of hydrogen-bond acceptors (Lipinski definition) is 7. The first-order chi connectivity index (χ1) is 13.9. The summed E-state index contributed by atoms with van der Waals surface area (Å²) >= 11 is 1.12. The number of Topliss-reactive ketones (excluding diaryl/α,β-unsaturated/α-hetero) is 1. The zero-order valence-electron chi connectivity index (χ0n) is 16.1. The minimum Gasteiger partial charge on any atom is -0.497 e. The predicted molar refractivity (Wildman–Crippen MR) is 106 cm³/mol. The number of nitrogens with zero attached hydrogens (tertiary/aromatic N) is 3. The smallest absolute Gasteiger partial charge is 0.438 e. The number of H-pyrrole nitrogens is 1. The molecule has 1 N–H and O–H groups in total. The highest BCUT2D eigenvalue weighted by Crippen LogP contribution is 2.24.